The molecule has 0 spiro atoms. The van der Waals surface area contributed by atoms with E-state index in [1.54, 1.807) is 42.8 Å². The number of carbonyl (C=O) groups excluding carboxylic acids is 2. The topological polar surface area (TPSA) is 98.3 Å². The minimum absolute atomic E-state index is 0.175. The molecule has 1 aliphatic heterocycles. The van der Waals surface area contributed by atoms with Crippen LogP contribution in [-0.4, -0.2) is 32.9 Å². The van der Waals surface area contributed by atoms with E-state index in [-0.39, 0.29) is 17.7 Å². The third-order valence-electron chi connectivity index (χ3n) is 7.39. The van der Waals surface area contributed by atoms with Crippen molar-refractivity contribution in [3.8, 4) is 5.69 Å². The maximum atomic E-state index is 14.4. The third kappa shape index (κ3) is 5.04. The fourth-order valence-corrected chi connectivity index (χ4v) is 5.51. The number of halogens is 4. The Morgan fingerprint density at radius 2 is 1.76 bits per heavy atom. The zero-order chi connectivity index (χ0) is 30.3. The van der Waals surface area contributed by atoms with E-state index in [4.69, 9.17) is 0 Å². The molecule has 0 aliphatic carbocycles. The van der Waals surface area contributed by atoms with Crippen molar-refractivity contribution in [2.45, 2.75) is 32.4 Å². The Morgan fingerprint density at radius 3 is 2.40 bits per heavy atom. The van der Waals surface area contributed by atoms with Crippen LogP contribution in [0.25, 0.3) is 5.69 Å². The summed E-state index contributed by atoms with van der Waals surface area (Å²) >= 11 is 0. The summed E-state index contributed by atoms with van der Waals surface area (Å²) in [6.07, 6.45) is -5.18. The number of rotatable bonds is 7. The standard InChI is InChI=1S/C30H24F4N4O4/c1-3-36-28-26(17(2)35-37(28)21-10-5-4-6-11-21)27(19-12-13-23(31)24(15-19)38(41)42)22(29(36)40)16-25(39)18-8-7-9-20(14-18)30(32,33)34/h4-15,22,27H,3,16H2,1-2H3/t22-,27+/m0/s1. The molecule has 5 rings (SSSR count). The Labute approximate surface area is 237 Å². The van der Waals surface area contributed by atoms with E-state index in [0.717, 1.165) is 30.3 Å². The molecule has 0 radical (unpaired) electrons. The van der Waals surface area contributed by atoms with Crippen LogP contribution < -0.4 is 4.90 Å². The molecule has 2 atom stereocenters. The van der Waals surface area contributed by atoms with Crippen LogP contribution in [0.3, 0.4) is 0 Å². The van der Waals surface area contributed by atoms with E-state index in [2.05, 4.69) is 5.10 Å². The fourth-order valence-electron chi connectivity index (χ4n) is 5.51. The van der Waals surface area contributed by atoms with Crippen molar-refractivity contribution in [3.05, 3.63) is 117 Å². The van der Waals surface area contributed by atoms with E-state index in [0.29, 0.717) is 22.8 Å². The number of nitro benzene ring substituents is 1. The Bertz CT molecular complexity index is 1700. The number of benzene rings is 3. The second-order valence-corrected chi connectivity index (χ2v) is 9.91. The minimum Gasteiger partial charge on any atom is -0.296 e. The number of hydrogen-bond acceptors (Lipinski definition) is 5. The van der Waals surface area contributed by atoms with Crippen LogP contribution in [0.2, 0.25) is 0 Å². The molecule has 1 amide bonds. The normalized spacial score (nSPS) is 16.8. The maximum absolute atomic E-state index is 14.4. The molecule has 0 fully saturated rings. The van der Waals surface area contributed by atoms with Crippen molar-refractivity contribution >= 4 is 23.2 Å². The number of alkyl halides is 3. The summed E-state index contributed by atoms with van der Waals surface area (Å²) in [5, 5.41) is 16.3. The number of aromatic nitrogens is 2. The second kappa shape index (κ2) is 10.8. The molecule has 12 heteroatoms. The second-order valence-electron chi connectivity index (χ2n) is 9.91. The maximum Gasteiger partial charge on any atom is 0.416 e. The number of fused-ring (bicyclic) bond motifs is 1. The molecule has 42 heavy (non-hydrogen) atoms. The molecular weight excluding hydrogens is 556 g/mol. The molecular formula is C30H24F4N4O4. The number of hydrogen-bond donors (Lipinski definition) is 0. The molecule has 0 saturated heterocycles. The van der Waals surface area contributed by atoms with Crippen molar-refractivity contribution in [3.63, 3.8) is 0 Å². The quantitative estimate of drug-likeness (QED) is 0.106. The van der Waals surface area contributed by atoms with Gasteiger partial charge < -0.3 is 0 Å². The molecule has 0 saturated carbocycles. The summed E-state index contributed by atoms with van der Waals surface area (Å²) in [5.74, 6) is -4.06. The van der Waals surface area contributed by atoms with Crippen molar-refractivity contribution in [1.29, 1.82) is 0 Å². The van der Waals surface area contributed by atoms with Gasteiger partial charge in [0, 0.05) is 36.1 Å². The summed E-state index contributed by atoms with van der Waals surface area (Å²) in [4.78, 5) is 39.7. The molecule has 1 aromatic heterocycles. The van der Waals surface area contributed by atoms with Gasteiger partial charge in [0.25, 0.3) is 0 Å². The number of anilines is 1. The van der Waals surface area contributed by atoms with Crippen LogP contribution in [0.1, 0.15) is 52.0 Å². The largest absolute Gasteiger partial charge is 0.416 e. The van der Waals surface area contributed by atoms with Gasteiger partial charge in [-0.25, -0.2) is 4.68 Å². The average molecular weight is 581 g/mol. The molecule has 3 aromatic carbocycles. The van der Waals surface area contributed by atoms with E-state index in [1.807, 2.05) is 6.07 Å². The van der Waals surface area contributed by atoms with Gasteiger partial charge in [0.1, 0.15) is 5.82 Å². The first-order chi connectivity index (χ1) is 19.9. The van der Waals surface area contributed by atoms with Crippen LogP contribution in [0.5, 0.6) is 0 Å². The summed E-state index contributed by atoms with van der Waals surface area (Å²) in [7, 11) is 0. The minimum atomic E-state index is -4.68. The van der Waals surface area contributed by atoms with Crippen molar-refractivity contribution < 1.29 is 32.1 Å². The summed E-state index contributed by atoms with van der Waals surface area (Å²) in [6, 6.07) is 16.1. The zero-order valence-electron chi connectivity index (χ0n) is 22.4. The fraction of sp³-hybridized carbons (Fsp3) is 0.233. The van der Waals surface area contributed by atoms with Gasteiger partial charge in [-0.2, -0.15) is 22.7 Å². The van der Waals surface area contributed by atoms with Crippen molar-refractivity contribution in [2.75, 3.05) is 11.4 Å². The molecule has 2 heterocycles. The monoisotopic (exact) mass is 580 g/mol. The number of nitrogens with zero attached hydrogens (tertiary/aromatic N) is 4. The molecule has 0 unspecified atom stereocenters. The molecule has 4 aromatic rings. The molecule has 8 nitrogen and oxygen atoms in total. The van der Waals surface area contributed by atoms with E-state index >= 15 is 0 Å². The Balaban J connectivity index is 1.70. The predicted octanol–water partition coefficient (Wildman–Crippen LogP) is 6.63. The number of nitro groups is 1. The Kier molecular flexibility index (Phi) is 7.40. The summed E-state index contributed by atoms with van der Waals surface area (Å²) in [6.45, 7) is 3.60. The van der Waals surface area contributed by atoms with Gasteiger partial charge in [-0.3, -0.25) is 24.6 Å². The lowest BCUT2D eigenvalue weighted by Gasteiger charge is -2.38. The summed E-state index contributed by atoms with van der Waals surface area (Å²) in [5.41, 5.74) is -0.244. The number of carbonyl (C=O) groups is 2. The number of ketones is 1. The first-order valence-electron chi connectivity index (χ1n) is 13.0. The first kappa shape index (κ1) is 28.7. The van der Waals surface area contributed by atoms with Gasteiger partial charge >= 0.3 is 11.9 Å². The number of para-hydroxylation sites is 1. The summed E-state index contributed by atoms with van der Waals surface area (Å²) < 4.78 is 56.0. The van der Waals surface area contributed by atoms with Crippen LogP contribution in [0.15, 0.2) is 72.8 Å². The molecule has 0 N–H and O–H groups in total. The van der Waals surface area contributed by atoms with Crippen LogP contribution in [0, 0.1) is 28.8 Å². The highest BCUT2D eigenvalue weighted by Crippen LogP contribution is 2.48. The molecule has 1 aliphatic rings. The van der Waals surface area contributed by atoms with E-state index < -0.39 is 58.1 Å². The number of aryl methyl sites for hydroxylation is 1. The highest BCUT2D eigenvalue weighted by Gasteiger charge is 2.46. The van der Waals surface area contributed by atoms with Crippen LogP contribution in [-0.2, 0) is 11.0 Å². The van der Waals surface area contributed by atoms with E-state index in [1.165, 1.54) is 17.0 Å². The van der Waals surface area contributed by atoms with Gasteiger partial charge in [-0.15, -0.1) is 0 Å². The van der Waals surface area contributed by atoms with Crippen LogP contribution >= 0.6 is 0 Å². The van der Waals surface area contributed by atoms with Crippen molar-refractivity contribution in [1.82, 2.24) is 9.78 Å². The third-order valence-corrected chi connectivity index (χ3v) is 7.39. The Morgan fingerprint density at radius 1 is 1.05 bits per heavy atom. The van der Waals surface area contributed by atoms with Gasteiger partial charge in [-0.1, -0.05) is 36.4 Å². The highest BCUT2D eigenvalue weighted by molar-refractivity contribution is 6.04. The van der Waals surface area contributed by atoms with Gasteiger partial charge in [0.15, 0.2) is 5.78 Å². The van der Waals surface area contributed by atoms with Gasteiger partial charge in [-0.05, 0) is 49.7 Å². The lowest BCUT2D eigenvalue weighted by atomic mass is 9.74. The van der Waals surface area contributed by atoms with Crippen molar-refractivity contribution in [2.24, 2.45) is 5.92 Å². The molecule has 0 bridgehead atoms. The number of amides is 1. The van der Waals surface area contributed by atoms with Crippen LogP contribution in [0.4, 0.5) is 29.1 Å². The first-order valence-corrected chi connectivity index (χ1v) is 13.0. The lowest BCUT2D eigenvalue weighted by molar-refractivity contribution is -0.387. The van der Waals surface area contributed by atoms with Gasteiger partial charge in [0.2, 0.25) is 11.7 Å². The smallest absolute Gasteiger partial charge is 0.296 e. The zero-order valence-corrected chi connectivity index (χ0v) is 22.4. The SMILES string of the molecule is CCN1C(=O)[C@@H](CC(=O)c2cccc(C(F)(F)F)c2)[C@@H](c2ccc(F)c([N+](=O)[O-])c2)c2c(C)nn(-c3ccccc3)c21. The predicted molar refractivity (Wildman–Crippen MR) is 145 cm³/mol. The average Bonchev–Trinajstić information content (AvgIpc) is 3.30. The van der Waals surface area contributed by atoms with E-state index in [9.17, 15) is 37.3 Å². The van der Waals surface area contributed by atoms with Gasteiger partial charge in [0.05, 0.1) is 27.8 Å². The number of Topliss-reactive ketones (excluding diaryl/α,β-unsaturated/α-hetero) is 1. The highest BCUT2D eigenvalue weighted by atomic mass is 19.4. The lowest BCUT2D eigenvalue weighted by Crippen LogP contribution is -2.45. The Hall–Kier alpha value is -4.87. The molecule has 216 valence electrons.